The van der Waals surface area contributed by atoms with Crippen LogP contribution in [0.15, 0.2) is 18.2 Å². The molecule has 0 amide bonds. The molecule has 1 aliphatic carbocycles. The number of ether oxygens (including phenoxy) is 1. The molecule has 0 bridgehead atoms. The number of nitrogens with zero attached hydrogens (tertiary/aromatic N) is 1. The van der Waals surface area contributed by atoms with E-state index in [0.29, 0.717) is 12.8 Å². The van der Waals surface area contributed by atoms with Crippen molar-refractivity contribution in [2.24, 2.45) is 5.92 Å². The Labute approximate surface area is 109 Å². The Morgan fingerprint density at radius 1 is 1.37 bits per heavy atom. The highest BCUT2D eigenvalue weighted by molar-refractivity contribution is 5.84. The molecule has 2 rings (SSSR count). The molecule has 1 unspecified atom stereocenters. The van der Waals surface area contributed by atoms with E-state index in [-0.39, 0.29) is 18.0 Å². The van der Waals surface area contributed by atoms with Crippen molar-refractivity contribution in [1.82, 2.24) is 0 Å². The second-order valence-corrected chi connectivity index (χ2v) is 4.65. The number of fused-ring (bicyclic) bond motifs is 1. The molecule has 0 fully saturated rings. The summed E-state index contributed by atoms with van der Waals surface area (Å²) in [4.78, 5) is 32.3. The standard InChI is InChI=1S/C13H13NO5/c1-8(15)19-13(16)6-9-4-10-2-3-12(14(17)18)7-11(10)5-9/h2-3,7,9H,4-6H2,1H3. The number of carbonyl (C=O) groups excluding carboxylic acids is 2. The molecule has 1 atom stereocenters. The summed E-state index contributed by atoms with van der Waals surface area (Å²) >= 11 is 0. The summed E-state index contributed by atoms with van der Waals surface area (Å²) in [5.41, 5.74) is 1.98. The maximum atomic E-state index is 11.4. The van der Waals surface area contributed by atoms with E-state index in [2.05, 4.69) is 4.74 Å². The van der Waals surface area contributed by atoms with Gasteiger partial charge in [0.1, 0.15) is 0 Å². The highest BCUT2D eigenvalue weighted by Gasteiger charge is 2.26. The Morgan fingerprint density at radius 3 is 2.68 bits per heavy atom. The van der Waals surface area contributed by atoms with Crippen molar-refractivity contribution in [2.45, 2.75) is 26.2 Å². The van der Waals surface area contributed by atoms with E-state index < -0.39 is 16.9 Å². The van der Waals surface area contributed by atoms with Crippen LogP contribution < -0.4 is 0 Å². The summed E-state index contributed by atoms with van der Waals surface area (Å²) < 4.78 is 4.49. The third-order valence-corrected chi connectivity index (χ3v) is 3.13. The first kappa shape index (κ1) is 13.2. The third-order valence-electron chi connectivity index (χ3n) is 3.13. The van der Waals surface area contributed by atoms with Gasteiger partial charge in [-0.2, -0.15) is 0 Å². The first-order chi connectivity index (χ1) is 8.95. The molecule has 0 aromatic heterocycles. The first-order valence-electron chi connectivity index (χ1n) is 5.93. The van der Waals surface area contributed by atoms with Crippen LogP contribution in [-0.2, 0) is 27.2 Å². The van der Waals surface area contributed by atoms with E-state index in [1.54, 1.807) is 12.1 Å². The van der Waals surface area contributed by atoms with Crippen LogP contribution >= 0.6 is 0 Å². The Kier molecular flexibility index (Phi) is 3.59. The molecule has 0 radical (unpaired) electrons. The van der Waals surface area contributed by atoms with Gasteiger partial charge in [0, 0.05) is 25.5 Å². The zero-order chi connectivity index (χ0) is 14.0. The van der Waals surface area contributed by atoms with Crippen molar-refractivity contribution < 1.29 is 19.2 Å². The fourth-order valence-electron chi connectivity index (χ4n) is 2.39. The van der Waals surface area contributed by atoms with Crippen molar-refractivity contribution in [3.8, 4) is 0 Å². The van der Waals surface area contributed by atoms with Crippen molar-refractivity contribution >= 4 is 17.6 Å². The number of hydrogen-bond acceptors (Lipinski definition) is 5. The van der Waals surface area contributed by atoms with Gasteiger partial charge >= 0.3 is 11.9 Å². The zero-order valence-electron chi connectivity index (χ0n) is 10.4. The molecule has 0 aliphatic heterocycles. The minimum atomic E-state index is -0.615. The van der Waals surface area contributed by atoms with Gasteiger partial charge in [0.25, 0.3) is 5.69 Å². The molecule has 100 valence electrons. The van der Waals surface area contributed by atoms with Gasteiger partial charge in [-0.15, -0.1) is 0 Å². The molecule has 1 aromatic rings. The monoisotopic (exact) mass is 263 g/mol. The number of nitro benzene ring substituents is 1. The van der Waals surface area contributed by atoms with Crippen LogP contribution in [0.1, 0.15) is 24.5 Å². The molecule has 19 heavy (non-hydrogen) atoms. The molecular weight excluding hydrogens is 250 g/mol. The van der Waals surface area contributed by atoms with Gasteiger partial charge in [-0.3, -0.25) is 19.7 Å². The topological polar surface area (TPSA) is 86.5 Å². The summed E-state index contributed by atoms with van der Waals surface area (Å²) in [5, 5.41) is 10.7. The Hall–Kier alpha value is -2.24. The van der Waals surface area contributed by atoms with E-state index in [1.165, 1.54) is 13.0 Å². The van der Waals surface area contributed by atoms with Crippen LogP contribution in [-0.4, -0.2) is 16.9 Å². The number of benzene rings is 1. The second kappa shape index (κ2) is 5.17. The molecule has 6 nitrogen and oxygen atoms in total. The Bertz CT molecular complexity index is 552. The van der Waals surface area contributed by atoms with E-state index in [1.807, 2.05) is 0 Å². The lowest BCUT2D eigenvalue weighted by atomic mass is 10.0. The van der Waals surface area contributed by atoms with Crippen LogP contribution in [0.5, 0.6) is 0 Å². The maximum absolute atomic E-state index is 11.4. The molecular formula is C13H13NO5. The van der Waals surface area contributed by atoms with Gasteiger partial charge in [0.15, 0.2) is 0 Å². The van der Waals surface area contributed by atoms with Gasteiger partial charge in [0.05, 0.1) is 4.92 Å². The Balaban J connectivity index is 2.02. The molecule has 0 spiro atoms. The smallest absolute Gasteiger partial charge is 0.313 e. The van der Waals surface area contributed by atoms with Gasteiger partial charge in [-0.1, -0.05) is 6.07 Å². The minimum absolute atomic E-state index is 0.0452. The molecule has 0 heterocycles. The highest BCUT2D eigenvalue weighted by Crippen LogP contribution is 2.31. The van der Waals surface area contributed by atoms with Crippen LogP contribution in [0.4, 0.5) is 5.69 Å². The van der Waals surface area contributed by atoms with Gasteiger partial charge < -0.3 is 4.74 Å². The molecule has 0 saturated carbocycles. The lowest BCUT2D eigenvalue weighted by Gasteiger charge is -2.06. The number of hydrogen-bond donors (Lipinski definition) is 0. The average Bonchev–Trinajstić information content (AvgIpc) is 2.68. The summed E-state index contributed by atoms with van der Waals surface area (Å²) in [6.45, 7) is 1.19. The number of non-ortho nitro benzene ring substituents is 1. The van der Waals surface area contributed by atoms with Crippen molar-refractivity contribution in [2.75, 3.05) is 0 Å². The van der Waals surface area contributed by atoms with E-state index in [9.17, 15) is 19.7 Å². The van der Waals surface area contributed by atoms with Gasteiger partial charge in [-0.25, -0.2) is 0 Å². The van der Waals surface area contributed by atoms with Crippen LogP contribution in [0.25, 0.3) is 0 Å². The van der Waals surface area contributed by atoms with Crippen molar-refractivity contribution in [3.63, 3.8) is 0 Å². The van der Waals surface area contributed by atoms with Crippen LogP contribution in [0.2, 0.25) is 0 Å². The summed E-state index contributed by atoms with van der Waals surface area (Å²) in [6.07, 6.45) is 1.44. The fourth-order valence-corrected chi connectivity index (χ4v) is 2.39. The van der Waals surface area contributed by atoms with Gasteiger partial charge in [-0.05, 0) is 29.9 Å². The second-order valence-electron chi connectivity index (χ2n) is 4.65. The normalized spacial score (nSPS) is 16.8. The fraction of sp³-hybridized carbons (Fsp3) is 0.385. The molecule has 0 saturated heterocycles. The molecule has 0 N–H and O–H groups in total. The van der Waals surface area contributed by atoms with E-state index in [4.69, 9.17) is 0 Å². The van der Waals surface area contributed by atoms with Gasteiger partial charge in [0.2, 0.25) is 0 Å². The molecule has 1 aromatic carbocycles. The Morgan fingerprint density at radius 2 is 2.05 bits per heavy atom. The quantitative estimate of drug-likeness (QED) is 0.359. The van der Waals surface area contributed by atoms with Crippen molar-refractivity contribution in [1.29, 1.82) is 0 Å². The number of nitro groups is 1. The van der Waals surface area contributed by atoms with Crippen LogP contribution in [0, 0.1) is 16.0 Å². The first-order valence-corrected chi connectivity index (χ1v) is 5.93. The largest absolute Gasteiger partial charge is 0.393 e. The number of rotatable bonds is 3. The number of carbonyl (C=O) groups is 2. The maximum Gasteiger partial charge on any atom is 0.313 e. The summed E-state index contributed by atoms with van der Waals surface area (Å²) in [7, 11) is 0. The average molecular weight is 263 g/mol. The SMILES string of the molecule is CC(=O)OC(=O)CC1Cc2ccc([N+](=O)[O-])cc2C1. The summed E-state index contributed by atoms with van der Waals surface area (Å²) in [6, 6.07) is 4.74. The minimum Gasteiger partial charge on any atom is -0.393 e. The zero-order valence-corrected chi connectivity index (χ0v) is 10.4. The lowest BCUT2D eigenvalue weighted by Crippen LogP contribution is -2.14. The summed E-state index contributed by atoms with van der Waals surface area (Å²) in [5.74, 6) is -1.11. The van der Waals surface area contributed by atoms with E-state index >= 15 is 0 Å². The number of esters is 2. The predicted molar refractivity (Wildman–Crippen MR) is 65.4 cm³/mol. The molecule has 1 aliphatic rings. The molecule has 6 heteroatoms. The van der Waals surface area contributed by atoms with E-state index in [0.717, 1.165) is 11.1 Å². The highest BCUT2D eigenvalue weighted by atomic mass is 16.6. The predicted octanol–water partition coefficient (Wildman–Crippen LogP) is 1.79. The van der Waals surface area contributed by atoms with Crippen molar-refractivity contribution in [3.05, 3.63) is 39.4 Å². The van der Waals surface area contributed by atoms with Crippen LogP contribution in [0.3, 0.4) is 0 Å². The lowest BCUT2D eigenvalue weighted by molar-refractivity contribution is -0.384. The third kappa shape index (κ3) is 3.15.